The molecule has 3 aromatic carbocycles. The zero-order valence-electron chi connectivity index (χ0n) is 29.2. The molecule has 2 aliphatic rings. The number of hydrogen-bond donors (Lipinski definition) is 2. The number of rotatable bonds is 18. The van der Waals surface area contributed by atoms with E-state index in [1.165, 1.54) is 0 Å². The molecule has 10 heteroatoms. The van der Waals surface area contributed by atoms with Crippen molar-refractivity contribution in [3.63, 3.8) is 0 Å². The maximum atomic E-state index is 13.8. The molecule has 50 heavy (non-hydrogen) atoms. The molecule has 1 fully saturated rings. The minimum atomic E-state index is -0.870. The summed E-state index contributed by atoms with van der Waals surface area (Å²) < 4.78 is 23.2. The van der Waals surface area contributed by atoms with Crippen LogP contribution in [-0.2, 0) is 22.4 Å². The fourth-order valence-electron chi connectivity index (χ4n) is 6.92. The molecule has 2 heterocycles. The first kappa shape index (κ1) is 36.5. The largest absolute Gasteiger partial charge is 0.494 e. The van der Waals surface area contributed by atoms with E-state index in [9.17, 15) is 19.5 Å². The van der Waals surface area contributed by atoms with Gasteiger partial charge in [-0.05, 0) is 109 Å². The van der Waals surface area contributed by atoms with Gasteiger partial charge in [0.1, 0.15) is 11.5 Å². The highest BCUT2D eigenvalue weighted by Gasteiger charge is 2.27. The lowest BCUT2D eigenvalue weighted by molar-refractivity contribution is -0.138. The lowest BCUT2D eigenvalue weighted by Gasteiger charge is -2.35. The summed E-state index contributed by atoms with van der Waals surface area (Å²) in [5, 5.41) is 18.2. The summed E-state index contributed by atoms with van der Waals surface area (Å²) in [4.78, 5) is 37.9. The Morgan fingerprint density at radius 2 is 1.50 bits per heavy atom. The molecule has 0 saturated carbocycles. The minimum absolute atomic E-state index is 0.000703. The van der Waals surface area contributed by atoms with Gasteiger partial charge < -0.3 is 34.1 Å². The quantitative estimate of drug-likeness (QED) is 0.130. The zero-order chi connectivity index (χ0) is 35.5. The molecule has 0 aromatic heterocycles. The van der Waals surface area contributed by atoms with Crippen molar-refractivity contribution in [2.24, 2.45) is 11.8 Å². The summed E-state index contributed by atoms with van der Waals surface area (Å²) in [5.74, 6) is 1.88. The van der Waals surface area contributed by atoms with Crippen molar-refractivity contribution in [1.82, 2.24) is 4.90 Å². The number of carbonyl (C=O) groups is 3. The van der Waals surface area contributed by atoms with E-state index in [0.717, 1.165) is 73.9 Å². The molecule has 268 valence electrons. The van der Waals surface area contributed by atoms with Gasteiger partial charge in [0.05, 0.1) is 13.2 Å². The van der Waals surface area contributed by atoms with E-state index in [1.807, 2.05) is 59.5 Å². The van der Waals surface area contributed by atoms with Gasteiger partial charge in [0.2, 0.25) is 6.79 Å². The summed E-state index contributed by atoms with van der Waals surface area (Å²) in [6.07, 6.45) is 6.37. The van der Waals surface area contributed by atoms with E-state index >= 15 is 0 Å². The highest BCUT2D eigenvalue weighted by atomic mass is 16.7. The monoisotopic (exact) mass is 687 g/mol. The van der Waals surface area contributed by atoms with Gasteiger partial charge in [0, 0.05) is 31.5 Å². The molecule has 0 spiro atoms. The lowest BCUT2D eigenvalue weighted by atomic mass is 9.91. The number of hydrogen-bond acceptors (Lipinski definition) is 7. The predicted molar refractivity (Wildman–Crippen MR) is 189 cm³/mol. The molecule has 1 amide bonds. The molecule has 0 bridgehead atoms. The van der Waals surface area contributed by atoms with Crippen molar-refractivity contribution < 1.29 is 43.5 Å². The molecule has 0 radical (unpaired) electrons. The van der Waals surface area contributed by atoms with E-state index in [-0.39, 0.29) is 32.1 Å². The average molecular weight is 688 g/mol. The van der Waals surface area contributed by atoms with E-state index in [4.69, 9.17) is 24.1 Å². The summed E-state index contributed by atoms with van der Waals surface area (Å²) in [6.45, 7) is 6.87. The van der Waals surface area contributed by atoms with Crippen LogP contribution in [-0.4, -0.2) is 66.1 Å². The van der Waals surface area contributed by atoms with Crippen molar-refractivity contribution in [2.75, 3.05) is 33.1 Å². The van der Waals surface area contributed by atoms with E-state index < -0.39 is 11.9 Å². The highest BCUT2D eigenvalue weighted by molar-refractivity contribution is 5.96. The van der Waals surface area contributed by atoms with E-state index in [2.05, 4.69) is 13.8 Å². The van der Waals surface area contributed by atoms with Crippen molar-refractivity contribution in [2.45, 2.75) is 78.1 Å². The Morgan fingerprint density at radius 1 is 0.760 bits per heavy atom. The number of likely N-dealkylation sites (tertiary alicyclic amines) is 1. The number of benzene rings is 3. The van der Waals surface area contributed by atoms with Crippen molar-refractivity contribution >= 4 is 17.8 Å². The molecule has 2 N–H and O–H groups in total. The summed E-state index contributed by atoms with van der Waals surface area (Å²) >= 11 is 0. The Labute approximate surface area is 294 Å². The highest BCUT2D eigenvalue weighted by Crippen LogP contribution is 2.37. The number of aliphatic carboxylic acids is 2. The van der Waals surface area contributed by atoms with Gasteiger partial charge in [0.25, 0.3) is 5.91 Å². The molecule has 10 nitrogen and oxygen atoms in total. The van der Waals surface area contributed by atoms with Gasteiger partial charge >= 0.3 is 11.9 Å². The smallest absolute Gasteiger partial charge is 0.303 e. The van der Waals surface area contributed by atoms with Crippen LogP contribution >= 0.6 is 0 Å². The third kappa shape index (κ3) is 10.4. The predicted octanol–water partition coefficient (Wildman–Crippen LogP) is 7.64. The molecule has 1 saturated heterocycles. The Kier molecular flexibility index (Phi) is 13.0. The Morgan fingerprint density at radius 3 is 2.28 bits per heavy atom. The van der Waals surface area contributed by atoms with Crippen molar-refractivity contribution in [1.29, 1.82) is 0 Å². The number of carbonyl (C=O) groups excluding carboxylic acids is 1. The van der Waals surface area contributed by atoms with Gasteiger partial charge in [-0.1, -0.05) is 44.9 Å². The summed E-state index contributed by atoms with van der Waals surface area (Å²) in [6, 6.07) is 17.3. The number of carboxylic acid groups (broad SMARTS) is 2. The Hall–Kier alpha value is -4.73. The van der Waals surface area contributed by atoms with E-state index in [1.54, 1.807) is 0 Å². The first-order valence-electron chi connectivity index (χ1n) is 17.8. The molecule has 5 rings (SSSR count). The molecular formula is C40H49NO9. The number of piperidine rings is 1. The standard InChI is InChI=1S/C40H49NO9/c1-27-19-28(2)25-41(24-27)40(46)32-20-31(30-13-15-36-37(23-30)50-26-49-36)21-33(22-32)47-17-6-4-3-5-9-29-10-7-11-35(34(29)14-16-39(44)45)48-18-8-12-38(42)43/h7,10-11,13,15,20-23,27-28H,3-6,8-9,12,14,16-19,24-26H2,1-2H3,(H,42,43)(H,44,45). The van der Waals surface area contributed by atoms with Crippen LogP contribution in [0.25, 0.3) is 11.1 Å². The molecule has 3 aromatic rings. The summed E-state index contributed by atoms with van der Waals surface area (Å²) in [7, 11) is 0. The molecule has 0 aliphatic carbocycles. The minimum Gasteiger partial charge on any atom is -0.494 e. The number of aryl methyl sites for hydroxylation is 1. The van der Waals surface area contributed by atoms with Crippen LogP contribution in [0.3, 0.4) is 0 Å². The SMILES string of the molecule is CC1CC(C)CN(C(=O)c2cc(OCCCCCCc3cccc(OCCCC(=O)O)c3CCC(=O)O)cc(-c3ccc4c(c3)OCO4)c2)C1. The number of fused-ring (bicyclic) bond motifs is 1. The maximum Gasteiger partial charge on any atom is 0.303 e. The molecular weight excluding hydrogens is 638 g/mol. The van der Waals surface area contributed by atoms with Gasteiger partial charge in [-0.15, -0.1) is 0 Å². The van der Waals surface area contributed by atoms with Crippen molar-refractivity contribution in [3.8, 4) is 34.1 Å². The molecule has 2 atom stereocenters. The topological polar surface area (TPSA) is 132 Å². The number of carboxylic acids is 2. The summed E-state index contributed by atoms with van der Waals surface area (Å²) in [5.41, 5.74) is 4.37. The molecule has 2 unspecified atom stereocenters. The van der Waals surface area contributed by atoms with Crippen LogP contribution in [0.4, 0.5) is 0 Å². The molecule has 2 aliphatic heterocycles. The van der Waals surface area contributed by atoms with Crippen LogP contribution in [0.15, 0.2) is 54.6 Å². The van der Waals surface area contributed by atoms with E-state index in [0.29, 0.717) is 59.8 Å². The van der Waals surface area contributed by atoms with Gasteiger partial charge in [-0.2, -0.15) is 0 Å². The third-order valence-electron chi connectivity index (χ3n) is 9.24. The first-order valence-corrected chi connectivity index (χ1v) is 17.8. The number of nitrogens with zero attached hydrogens (tertiary/aromatic N) is 1. The second kappa shape index (κ2) is 17.8. The Balaban J connectivity index is 1.18. The fourth-order valence-corrected chi connectivity index (χ4v) is 6.92. The third-order valence-corrected chi connectivity index (χ3v) is 9.24. The van der Waals surface area contributed by atoms with Gasteiger partial charge in [-0.3, -0.25) is 14.4 Å². The normalized spacial score (nSPS) is 16.6. The Bertz CT molecular complexity index is 1630. The van der Waals surface area contributed by atoms with Crippen LogP contribution < -0.4 is 18.9 Å². The van der Waals surface area contributed by atoms with Crippen LogP contribution in [0.5, 0.6) is 23.0 Å². The second-order valence-electron chi connectivity index (χ2n) is 13.6. The number of ether oxygens (including phenoxy) is 4. The van der Waals surface area contributed by atoms with Crippen LogP contribution in [0, 0.1) is 11.8 Å². The van der Waals surface area contributed by atoms with Gasteiger partial charge in [-0.25, -0.2) is 0 Å². The van der Waals surface area contributed by atoms with Gasteiger partial charge in [0.15, 0.2) is 11.5 Å². The fraction of sp³-hybridized carbons (Fsp3) is 0.475. The van der Waals surface area contributed by atoms with Crippen molar-refractivity contribution in [3.05, 3.63) is 71.3 Å². The maximum absolute atomic E-state index is 13.8. The average Bonchev–Trinajstić information content (AvgIpc) is 3.56. The second-order valence-corrected chi connectivity index (χ2v) is 13.6. The number of unbranched alkanes of at least 4 members (excludes halogenated alkanes) is 3. The zero-order valence-corrected chi connectivity index (χ0v) is 29.2. The van der Waals surface area contributed by atoms with Crippen LogP contribution in [0.1, 0.15) is 86.7 Å². The lowest BCUT2D eigenvalue weighted by Crippen LogP contribution is -2.42. The number of amides is 1. The van der Waals surface area contributed by atoms with Crippen LogP contribution in [0.2, 0.25) is 0 Å². The first-order chi connectivity index (χ1) is 24.2.